The van der Waals surface area contributed by atoms with Gasteiger partial charge >= 0.3 is 0 Å². The monoisotopic (exact) mass is 503 g/mol. The Labute approximate surface area is 211 Å². The molecule has 1 atom stereocenters. The van der Waals surface area contributed by atoms with Gasteiger partial charge in [-0.05, 0) is 60.2 Å². The molecule has 0 bridgehead atoms. The smallest absolute Gasteiger partial charge is 0.245 e. The van der Waals surface area contributed by atoms with Crippen molar-refractivity contribution >= 4 is 33.2 Å². The number of carbonyl (C=O) groups excluding carboxylic acids is 2. The van der Waals surface area contributed by atoms with Crippen LogP contribution < -0.4 is 14.5 Å². The van der Waals surface area contributed by atoms with Crippen LogP contribution in [-0.4, -0.2) is 39.4 Å². The van der Waals surface area contributed by atoms with E-state index in [-0.39, 0.29) is 23.1 Å². The largest absolute Gasteiger partial charge is 0.312 e. The lowest BCUT2D eigenvalue weighted by Gasteiger charge is -2.25. The van der Waals surface area contributed by atoms with Crippen LogP contribution in [0.1, 0.15) is 30.0 Å². The summed E-state index contributed by atoms with van der Waals surface area (Å²) in [6, 6.07) is 21.0. The molecule has 186 valence electrons. The molecule has 0 unspecified atom stereocenters. The van der Waals surface area contributed by atoms with Gasteiger partial charge in [0.1, 0.15) is 6.04 Å². The van der Waals surface area contributed by atoms with Crippen LogP contribution >= 0.6 is 0 Å². The fraction of sp³-hybridized carbons (Fsp3) is 0.286. The molecule has 2 aliphatic heterocycles. The summed E-state index contributed by atoms with van der Waals surface area (Å²) in [6.45, 7) is 2.87. The Morgan fingerprint density at radius 3 is 2.31 bits per heavy atom. The van der Waals surface area contributed by atoms with Gasteiger partial charge in [-0.2, -0.15) is 4.72 Å². The first-order valence-corrected chi connectivity index (χ1v) is 13.7. The number of nitrogens with zero attached hydrogens (tertiary/aromatic N) is 2. The van der Waals surface area contributed by atoms with Crippen molar-refractivity contribution in [2.75, 3.05) is 22.9 Å². The maximum Gasteiger partial charge on any atom is 0.245 e. The fourth-order valence-electron chi connectivity index (χ4n) is 5.03. The zero-order chi connectivity index (χ0) is 25.3. The SMILES string of the molecule is CCC(=O)N1CCc2cc(S(=O)(=O)N[C@H](Cc3ccccc3)C(=O)N3CCc4ccccc43)ccc21. The molecular weight excluding hydrogens is 474 g/mol. The van der Waals surface area contributed by atoms with Crippen LogP contribution in [0.4, 0.5) is 11.4 Å². The van der Waals surface area contributed by atoms with Gasteiger partial charge in [-0.3, -0.25) is 9.59 Å². The average Bonchev–Trinajstić information content (AvgIpc) is 3.52. The van der Waals surface area contributed by atoms with E-state index in [2.05, 4.69) is 4.72 Å². The molecule has 0 aliphatic carbocycles. The minimum atomic E-state index is -4.00. The highest BCUT2D eigenvalue weighted by Gasteiger charge is 2.34. The van der Waals surface area contributed by atoms with Gasteiger partial charge in [0.25, 0.3) is 0 Å². The molecule has 5 rings (SSSR count). The molecule has 0 saturated heterocycles. The molecule has 8 heteroatoms. The van der Waals surface area contributed by atoms with Crippen LogP contribution in [0, 0.1) is 0 Å². The molecule has 1 N–H and O–H groups in total. The number of anilines is 2. The molecule has 7 nitrogen and oxygen atoms in total. The predicted molar refractivity (Wildman–Crippen MR) is 140 cm³/mol. The van der Waals surface area contributed by atoms with Crippen molar-refractivity contribution in [1.29, 1.82) is 0 Å². The van der Waals surface area contributed by atoms with Crippen LogP contribution in [0.3, 0.4) is 0 Å². The molecule has 3 aromatic carbocycles. The number of benzene rings is 3. The summed E-state index contributed by atoms with van der Waals surface area (Å²) in [6.07, 6.45) is 1.97. The molecule has 36 heavy (non-hydrogen) atoms. The molecule has 0 spiro atoms. The first-order chi connectivity index (χ1) is 17.4. The zero-order valence-electron chi connectivity index (χ0n) is 20.2. The first-order valence-electron chi connectivity index (χ1n) is 12.3. The van der Waals surface area contributed by atoms with E-state index in [4.69, 9.17) is 0 Å². The van der Waals surface area contributed by atoms with Crippen LogP contribution in [0.25, 0.3) is 0 Å². The minimum absolute atomic E-state index is 0.0156. The second-order valence-electron chi connectivity index (χ2n) is 9.17. The van der Waals surface area contributed by atoms with Crippen LogP contribution in [0.2, 0.25) is 0 Å². The van der Waals surface area contributed by atoms with Crippen molar-refractivity contribution in [3.63, 3.8) is 0 Å². The number of sulfonamides is 1. The van der Waals surface area contributed by atoms with Gasteiger partial charge in [0.05, 0.1) is 4.90 Å². The van der Waals surface area contributed by atoms with E-state index in [0.717, 1.165) is 34.5 Å². The van der Waals surface area contributed by atoms with Crippen LogP contribution in [0.5, 0.6) is 0 Å². The Morgan fingerprint density at radius 1 is 0.861 bits per heavy atom. The van der Waals surface area contributed by atoms with E-state index in [0.29, 0.717) is 25.9 Å². The summed E-state index contributed by atoms with van der Waals surface area (Å²) in [4.78, 5) is 29.4. The van der Waals surface area contributed by atoms with Gasteiger partial charge in [0.2, 0.25) is 21.8 Å². The minimum Gasteiger partial charge on any atom is -0.312 e. The van der Waals surface area contributed by atoms with Gasteiger partial charge in [-0.15, -0.1) is 0 Å². The lowest BCUT2D eigenvalue weighted by Crippen LogP contribution is -2.49. The molecule has 2 amide bonds. The number of fused-ring (bicyclic) bond motifs is 2. The van der Waals surface area contributed by atoms with Gasteiger partial charge in [-0.1, -0.05) is 55.5 Å². The standard InChI is InChI=1S/C28H29N3O4S/c1-2-27(32)30-16-15-22-19-23(12-13-26(22)30)36(34,35)29-24(18-20-8-4-3-5-9-20)28(33)31-17-14-21-10-6-7-11-25(21)31/h3-13,19,24,29H,2,14-18H2,1H3/t24-/m1/s1. The van der Waals surface area contributed by atoms with Crippen molar-refractivity contribution in [3.05, 3.63) is 89.5 Å². The third-order valence-corrected chi connectivity index (χ3v) is 8.36. The zero-order valence-corrected chi connectivity index (χ0v) is 21.0. The molecule has 0 fully saturated rings. The van der Waals surface area contributed by atoms with E-state index in [1.54, 1.807) is 21.9 Å². The average molecular weight is 504 g/mol. The van der Waals surface area contributed by atoms with E-state index >= 15 is 0 Å². The van der Waals surface area contributed by atoms with Crippen molar-refractivity contribution in [1.82, 2.24) is 4.72 Å². The van der Waals surface area contributed by atoms with Gasteiger partial charge in [0, 0.05) is 30.9 Å². The number of rotatable bonds is 7. The number of carbonyl (C=O) groups is 2. The van der Waals surface area contributed by atoms with Crippen molar-refractivity contribution in [2.24, 2.45) is 0 Å². The summed E-state index contributed by atoms with van der Waals surface area (Å²) in [7, 11) is -4.00. The van der Waals surface area contributed by atoms with E-state index in [1.807, 2.05) is 61.5 Å². The predicted octanol–water partition coefficient (Wildman–Crippen LogP) is 3.46. The number of amides is 2. The Kier molecular flexibility index (Phi) is 6.64. The van der Waals surface area contributed by atoms with E-state index in [1.165, 1.54) is 6.07 Å². The number of nitrogens with one attached hydrogen (secondary N) is 1. The quantitative estimate of drug-likeness (QED) is 0.535. The molecule has 0 radical (unpaired) electrons. The van der Waals surface area contributed by atoms with Crippen LogP contribution in [0.15, 0.2) is 77.7 Å². The molecule has 2 heterocycles. The van der Waals surface area contributed by atoms with Crippen LogP contribution in [-0.2, 0) is 38.9 Å². The molecular formula is C28H29N3O4S. The molecule has 0 saturated carbocycles. The summed E-state index contributed by atoms with van der Waals surface area (Å²) in [5.41, 5.74) is 4.36. The highest BCUT2D eigenvalue weighted by molar-refractivity contribution is 7.89. The maximum atomic E-state index is 13.7. The second-order valence-corrected chi connectivity index (χ2v) is 10.9. The Balaban J connectivity index is 1.43. The molecule has 2 aliphatic rings. The first kappa shape index (κ1) is 24.2. The van der Waals surface area contributed by atoms with Crippen molar-refractivity contribution < 1.29 is 18.0 Å². The Bertz CT molecular complexity index is 1410. The summed E-state index contributed by atoms with van der Waals surface area (Å²) < 4.78 is 29.7. The van der Waals surface area contributed by atoms with Crippen molar-refractivity contribution in [2.45, 2.75) is 43.5 Å². The molecule has 3 aromatic rings. The number of hydrogen-bond donors (Lipinski definition) is 1. The molecule has 0 aromatic heterocycles. The Hall–Kier alpha value is -3.49. The Morgan fingerprint density at radius 2 is 1.53 bits per heavy atom. The van der Waals surface area contributed by atoms with E-state index in [9.17, 15) is 18.0 Å². The second kappa shape index (κ2) is 9.87. The summed E-state index contributed by atoms with van der Waals surface area (Å²) in [5, 5.41) is 0. The van der Waals surface area contributed by atoms with Gasteiger partial charge in [-0.25, -0.2) is 8.42 Å². The number of para-hydroxylation sites is 1. The highest BCUT2D eigenvalue weighted by Crippen LogP contribution is 2.31. The third kappa shape index (κ3) is 4.66. The van der Waals surface area contributed by atoms with Crippen molar-refractivity contribution in [3.8, 4) is 0 Å². The fourth-order valence-corrected chi connectivity index (χ4v) is 6.27. The third-order valence-electron chi connectivity index (χ3n) is 6.89. The van der Waals surface area contributed by atoms with Gasteiger partial charge < -0.3 is 9.80 Å². The lowest BCUT2D eigenvalue weighted by molar-refractivity contribution is -0.120. The summed E-state index contributed by atoms with van der Waals surface area (Å²) >= 11 is 0. The lowest BCUT2D eigenvalue weighted by atomic mass is 10.1. The highest BCUT2D eigenvalue weighted by atomic mass is 32.2. The normalized spacial score (nSPS) is 15.5. The summed E-state index contributed by atoms with van der Waals surface area (Å²) in [5.74, 6) is -0.254. The number of hydrogen-bond acceptors (Lipinski definition) is 4. The van der Waals surface area contributed by atoms with E-state index < -0.39 is 16.1 Å². The maximum absolute atomic E-state index is 13.7. The topological polar surface area (TPSA) is 86.8 Å². The van der Waals surface area contributed by atoms with Gasteiger partial charge in [0.15, 0.2) is 0 Å².